The van der Waals surface area contributed by atoms with Crippen molar-refractivity contribution in [1.82, 2.24) is 5.43 Å². The molecule has 2 aromatic rings. The Morgan fingerprint density at radius 1 is 1.00 bits per heavy atom. The first-order valence-corrected chi connectivity index (χ1v) is 7.34. The lowest BCUT2D eigenvalue weighted by molar-refractivity contribution is -0.124. The lowest BCUT2D eigenvalue weighted by Gasteiger charge is -2.04. The molecule has 0 saturated heterocycles. The van der Waals surface area contributed by atoms with Crippen LogP contribution in [0.2, 0.25) is 0 Å². The van der Waals surface area contributed by atoms with Crippen LogP contribution in [0.5, 0.6) is 0 Å². The van der Waals surface area contributed by atoms with Gasteiger partial charge in [0.1, 0.15) is 0 Å². The highest BCUT2D eigenvalue weighted by atomic mass is 16.2. The number of hydrazone groups is 1. The van der Waals surface area contributed by atoms with E-state index >= 15 is 0 Å². The van der Waals surface area contributed by atoms with E-state index in [2.05, 4.69) is 15.8 Å². The minimum Gasteiger partial charge on any atom is -0.326 e. The predicted molar refractivity (Wildman–Crippen MR) is 91.2 cm³/mol. The van der Waals surface area contributed by atoms with Crippen LogP contribution in [0, 0.1) is 11.3 Å². The highest BCUT2D eigenvalue weighted by molar-refractivity contribution is 5.93. The molecule has 0 aliphatic rings. The van der Waals surface area contributed by atoms with E-state index in [1.54, 1.807) is 36.4 Å². The van der Waals surface area contributed by atoms with Crippen LogP contribution in [-0.2, 0) is 9.59 Å². The number of carbonyl (C=O) groups excluding carboxylic acids is 2. The molecule has 0 aliphatic carbocycles. The fourth-order valence-electron chi connectivity index (χ4n) is 1.85. The standard InChI is InChI=1S/C18H16N4O2/c19-12-14-6-8-15(9-7-14)13-20-22-18(24)11-10-17(23)21-16-4-2-1-3-5-16/h1-9,13H,10-11H2,(H,21,23)(H,22,24)/b20-13+. The summed E-state index contributed by atoms with van der Waals surface area (Å²) in [5.74, 6) is -0.574. The molecule has 6 heteroatoms. The normalized spacial score (nSPS) is 10.1. The SMILES string of the molecule is N#Cc1ccc(/C=N/NC(=O)CCC(=O)Nc2ccccc2)cc1. The van der Waals surface area contributed by atoms with Gasteiger partial charge in [-0.25, -0.2) is 5.43 Å². The maximum atomic E-state index is 11.7. The van der Waals surface area contributed by atoms with E-state index in [0.717, 1.165) is 5.56 Å². The average Bonchev–Trinajstić information content (AvgIpc) is 2.61. The quantitative estimate of drug-likeness (QED) is 0.632. The van der Waals surface area contributed by atoms with Crippen molar-refractivity contribution in [2.45, 2.75) is 12.8 Å². The minimum absolute atomic E-state index is 0.0450. The van der Waals surface area contributed by atoms with E-state index in [9.17, 15) is 9.59 Å². The third kappa shape index (κ3) is 5.73. The Kier molecular flexibility index (Phi) is 6.24. The van der Waals surface area contributed by atoms with E-state index in [4.69, 9.17) is 5.26 Å². The van der Waals surface area contributed by atoms with Crippen molar-refractivity contribution in [2.24, 2.45) is 5.10 Å². The van der Waals surface area contributed by atoms with Gasteiger partial charge in [0.25, 0.3) is 0 Å². The number of benzene rings is 2. The summed E-state index contributed by atoms with van der Waals surface area (Å²) in [5, 5.41) is 15.2. The molecule has 2 N–H and O–H groups in total. The summed E-state index contributed by atoms with van der Waals surface area (Å²) in [7, 11) is 0. The van der Waals surface area contributed by atoms with Crippen LogP contribution in [0.25, 0.3) is 0 Å². The topological polar surface area (TPSA) is 94.3 Å². The smallest absolute Gasteiger partial charge is 0.240 e. The van der Waals surface area contributed by atoms with Crippen LogP contribution in [0.3, 0.4) is 0 Å². The van der Waals surface area contributed by atoms with Gasteiger partial charge in [0.15, 0.2) is 0 Å². The number of nitrogens with zero attached hydrogens (tertiary/aromatic N) is 2. The Bertz CT molecular complexity index is 762. The molecule has 0 unspecified atom stereocenters. The molecule has 2 amide bonds. The predicted octanol–water partition coefficient (Wildman–Crippen LogP) is 2.43. The molecule has 0 bridgehead atoms. The van der Waals surface area contributed by atoms with Gasteiger partial charge >= 0.3 is 0 Å². The molecule has 0 spiro atoms. The Morgan fingerprint density at radius 2 is 1.67 bits per heavy atom. The number of hydrogen-bond donors (Lipinski definition) is 2. The zero-order chi connectivity index (χ0) is 17.2. The van der Waals surface area contributed by atoms with Crippen molar-refractivity contribution in [1.29, 1.82) is 5.26 Å². The number of nitrogens with one attached hydrogen (secondary N) is 2. The van der Waals surface area contributed by atoms with Crippen molar-refractivity contribution in [3.05, 3.63) is 65.7 Å². The monoisotopic (exact) mass is 320 g/mol. The molecule has 2 rings (SSSR count). The maximum Gasteiger partial charge on any atom is 0.240 e. The lowest BCUT2D eigenvalue weighted by atomic mass is 10.2. The van der Waals surface area contributed by atoms with Gasteiger partial charge in [0.05, 0.1) is 17.8 Å². The first-order chi connectivity index (χ1) is 11.7. The molecule has 0 aromatic heterocycles. The number of carbonyl (C=O) groups is 2. The Balaban J connectivity index is 1.72. The van der Waals surface area contributed by atoms with Gasteiger partial charge in [-0.3, -0.25) is 9.59 Å². The van der Waals surface area contributed by atoms with Gasteiger partial charge in [-0.2, -0.15) is 10.4 Å². The molecular formula is C18H16N4O2. The van der Waals surface area contributed by atoms with Gasteiger partial charge in [-0.05, 0) is 29.8 Å². The Hall–Kier alpha value is -3.46. The highest BCUT2D eigenvalue weighted by Crippen LogP contribution is 2.06. The van der Waals surface area contributed by atoms with Crippen LogP contribution in [0.4, 0.5) is 5.69 Å². The Morgan fingerprint density at radius 3 is 2.33 bits per heavy atom. The molecular weight excluding hydrogens is 304 g/mol. The molecule has 0 radical (unpaired) electrons. The largest absolute Gasteiger partial charge is 0.326 e. The van der Waals surface area contributed by atoms with Crippen molar-refractivity contribution in [3.63, 3.8) is 0 Å². The van der Waals surface area contributed by atoms with Crippen LogP contribution in [0.1, 0.15) is 24.0 Å². The number of nitriles is 1. The van der Waals surface area contributed by atoms with Crippen molar-refractivity contribution in [2.75, 3.05) is 5.32 Å². The van der Waals surface area contributed by atoms with Gasteiger partial charge < -0.3 is 5.32 Å². The summed E-state index contributed by atoms with van der Waals surface area (Å²) in [4.78, 5) is 23.4. The number of anilines is 1. The zero-order valence-corrected chi connectivity index (χ0v) is 12.9. The molecule has 6 nitrogen and oxygen atoms in total. The molecule has 0 fully saturated rings. The van der Waals surface area contributed by atoms with Gasteiger partial charge in [-0.1, -0.05) is 30.3 Å². The first kappa shape index (κ1) is 16.9. The van der Waals surface area contributed by atoms with Crippen LogP contribution < -0.4 is 10.7 Å². The second-order valence-electron chi connectivity index (χ2n) is 4.94. The van der Waals surface area contributed by atoms with E-state index in [0.29, 0.717) is 11.3 Å². The minimum atomic E-state index is -0.344. The molecule has 0 heterocycles. The fourth-order valence-corrected chi connectivity index (χ4v) is 1.85. The van der Waals surface area contributed by atoms with Crippen molar-refractivity contribution in [3.8, 4) is 6.07 Å². The number of amides is 2. The molecule has 0 saturated carbocycles. The summed E-state index contributed by atoms with van der Waals surface area (Å²) in [6.07, 6.45) is 1.60. The summed E-state index contributed by atoms with van der Waals surface area (Å²) >= 11 is 0. The van der Waals surface area contributed by atoms with E-state index in [1.165, 1.54) is 6.21 Å². The second kappa shape index (κ2) is 8.86. The van der Waals surface area contributed by atoms with E-state index in [-0.39, 0.29) is 24.7 Å². The molecule has 2 aromatic carbocycles. The number of rotatable bonds is 6. The average molecular weight is 320 g/mol. The summed E-state index contributed by atoms with van der Waals surface area (Å²) < 4.78 is 0. The van der Waals surface area contributed by atoms with Crippen LogP contribution in [-0.4, -0.2) is 18.0 Å². The van der Waals surface area contributed by atoms with Gasteiger partial charge in [0, 0.05) is 18.5 Å². The Labute approximate surface area is 139 Å². The second-order valence-corrected chi connectivity index (χ2v) is 4.94. The summed E-state index contributed by atoms with van der Waals surface area (Å²) in [5.41, 5.74) is 4.38. The highest BCUT2D eigenvalue weighted by Gasteiger charge is 2.06. The third-order valence-corrected chi connectivity index (χ3v) is 3.08. The summed E-state index contributed by atoms with van der Waals surface area (Å²) in [6, 6.07) is 17.8. The number of hydrogen-bond acceptors (Lipinski definition) is 4. The van der Waals surface area contributed by atoms with E-state index in [1.807, 2.05) is 24.3 Å². The van der Waals surface area contributed by atoms with Gasteiger partial charge in [0.2, 0.25) is 11.8 Å². The lowest BCUT2D eigenvalue weighted by Crippen LogP contribution is -2.20. The van der Waals surface area contributed by atoms with E-state index < -0.39 is 0 Å². The fraction of sp³-hybridized carbons (Fsp3) is 0.111. The summed E-state index contributed by atoms with van der Waals surface area (Å²) in [6.45, 7) is 0. The van der Waals surface area contributed by atoms with Crippen LogP contribution >= 0.6 is 0 Å². The molecule has 0 atom stereocenters. The molecule has 120 valence electrons. The number of para-hydroxylation sites is 1. The molecule has 24 heavy (non-hydrogen) atoms. The van der Waals surface area contributed by atoms with Crippen molar-refractivity contribution >= 4 is 23.7 Å². The maximum absolute atomic E-state index is 11.7. The third-order valence-electron chi connectivity index (χ3n) is 3.08. The van der Waals surface area contributed by atoms with Crippen LogP contribution in [0.15, 0.2) is 59.7 Å². The van der Waals surface area contributed by atoms with Gasteiger partial charge in [-0.15, -0.1) is 0 Å². The zero-order valence-electron chi connectivity index (χ0n) is 12.9. The first-order valence-electron chi connectivity index (χ1n) is 7.34. The molecule has 0 aliphatic heterocycles. The van der Waals surface area contributed by atoms with Crippen molar-refractivity contribution < 1.29 is 9.59 Å².